The molecule has 2 heterocycles. The summed E-state index contributed by atoms with van der Waals surface area (Å²) in [5, 5.41) is 18.1. The summed E-state index contributed by atoms with van der Waals surface area (Å²) < 4.78 is 0. The number of hydrogen-bond acceptors (Lipinski definition) is 5. The lowest BCUT2D eigenvalue weighted by Crippen LogP contribution is -2.50. The van der Waals surface area contributed by atoms with Gasteiger partial charge in [0.1, 0.15) is 0 Å². The number of β-amino-alcohol motifs (C(OH)–C–C–N with tert-alkyl or cyclic N) is 1. The number of nitrogens with zero attached hydrogens (tertiary/aromatic N) is 4. The fourth-order valence-corrected chi connectivity index (χ4v) is 2.61. The first-order chi connectivity index (χ1) is 8.85. The Kier molecular flexibility index (Phi) is 4.50. The highest BCUT2D eigenvalue weighted by Gasteiger charge is 2.24. The van der Waals surface area contributed by atoms with E-state index in [-0.39, 0.29) is 0 Å². The Morgan fingerprint density at radius 2 is 1.84 bits per heavy atom. The number of piperazine rings is 1. The number of anilines is 1. The van der Waals surface area contributed by atoms with Gasteiger partial charge in [0, 0.05) is 38.8 Å². The van der Waals surface area contributed by atoms with E-state index in [9.17, 15) is 5.11 Å². The molecule has 0 atom stereocenters. The molecule has 0 aliphatic carbocycles. The average molecular weight is 305 g/mol. The third-order valence-electron chi connectivity index (χ3n) is 3.02. The molecule has 1 fully saturated rings. The zero-order valence-electron chi connectivity index (χ0n) is 11.1. The Balaban J connectivity index is 1.98. The van der Waals surface area contributed by atoms with Crippen LogP contribution in [0, 0.1) is 0 Å². The van der Waals surface area contributed by atoms with Crippen LogP contribution in [0.25, 0.3) is 0 Å². The second kappa shape index (κ2) is 5.79. The van der Waals surface area contributed by atoms with Crippen molar-refractivity contribution in [2.24, 2.45) is 0 Å². The Hall–Kier alpha value is -0.620. The summed E-state index contributed by atoms with van der Waals surface area (Å²) in [4.78, 5) is 4.38. The number of hydrogen-bond donors (Lipinski definition) is 1. The number of halogens is 2. The Labute approximate surface area is 123 Å². The van der Waals surface area contributed by atoms with Gasteiger partial charge in [-0.15, -0.1) is 10.2 Å². The zero-order chi connectivity index (χ0) is 14.0. The first kappa shape index (κ1) is 14.8. The van der Waals surface area contributed by atoms with E-state index in [1.54, 1.807) is 6.07 Å². The molecule has 1 aromatic heterocycles. The van der Waals surface area contributed by atoms with Crippen molar-refractivity contribution < 1.29 is 5.11 Å². The molecule has 106 valence electrons. The van der Waals surface area contributed by atoms with Crippen LogP contribution in [-0.2, 0) is 0 Å². The molecule has 1 aliphatic rings. The van der Waals surface area contributed by atoms with Gasteiger partial charge >= 0.3 is 0 Å². The lowest BCUT2D eigenvalue weighted by atomic mass is 10.1. The summed E-state index contributed by atoms with van der Waals surface area (Å²) in [6.45, 7) is 7.73. The highest BCUT2D eigenvalue weighted by molar-refractivity contribution is 6.33. The van der Waals surface area contributed by atoms with Crippen molar-refractivity contribution in [3.05, 3.63) is 16.4 Å². The maximum Gasteiger partial charge on any atom is 0.175 e. The molecule has 0 radical (unpaired) electrons. The van der Waals surface area contributed by atoms with Crippen LogP contribution in [0.15, 0.2) is 6.07 Å². The van der Waals surface area contributed by atoms with Crippen molar-refractivity contribution in [2.45, 2.75) is 19.4 Å². The van der Waals surface area contributed by atoms with Crippen molar-refractivity contribution in [3.8, 4) is 0 Å². The van der Waals surface area contributed by atoms with Crippen LogP contribution in [0.5, 0.6) is 0 Å². The van der Waals surface area contributed by atoms with Crippen molar-refractivity contribution >= 4 is 28.9 Å². The maximum absolute atomic E-state index is 9.82. The molecule has 5 nitrogen and oxygen atoms in total. The fourth-order valence-electron chi connectivity index (χ4n) is 2.26. The minimum Gasteiger partial charge on any atom is -0.389 e. The molecule has 0 amide bonds. The van der Waals surface area contributed by atoms with E-state index in [2.05, 4.69) is 20.0 Å². The maximum atomic E-state index is 9.82. The first-order valence-corrected chi connectivity index (χ1v) is 6.99. The van der Waals surface area contributed by atoms with Crippen LogP contribution >= 0.6 is 23.2 Å². The molecule has 1 aromatic rings. The normalized spacial score (nSPS) is 17.8. The number of aliphatic hydroxyl groups is 1. The highest BCUT2D eigenvalue weighted by Crippen LogP contribution is 2.26. The second-order valence-corrected chi connectivity index (χ2v) is 6.16. The third-order valence-corrected chi connectivity index (χ3v) is 3.48. The van der Waals surface area contributed by atoms with E-state index >= 15 is 0 Å². The van der Waals surface area contributed by atoms with Crippen LogP contribution in [0.3, 0.4) is 0 Å². The summed E-state index contributed by atoms with van der Waals surface area (Å²) in [6, 6.07) is 1.74. The molecule has 1 N–H and O–H groups in total. The SMILES string of the molecule is CC(C)(O)CN1CCN(c2cc(Cl)nnc2Cl)CC1. The first-order valence-electron chi connectivity index (χ1n) is 6.23. The van der Waals surface area contributed by atoms with E-state index < -0.39 is 5.60 Å². The van der Waals surface area contributed by atoms with Gasteiger partial charge in [-0.3, -0.25) is 4.90 Å². The Morgan fingerprint density at radius 1 is 1.21 bits per heavy atom. The van der Waals surface area contributed by atoms with E-state index in [0.29, 0.717) is 16.9 Å². The molecule has 2 rings (SSSR count). The largest absolute Gasteiger partial charge is 0.389 e. The van der Waals surface area contributed by atoms with E-state index in [1.165, 1.54) is 0 Å². The van der Waals surface area contributed by atoms with E-state index in [0.717, 1.165) is 31.9 Å². The molecular weight excluding hydrogens is 287 g/mol. The number of aromatic nitrogens is 2. The third kappa shape index (κ3) is 4.18. The molecule has 0 spiro atoms. The van der Waals surface area contributed by atoms with Crippen LogP contribution in [0.2, 0.25) is 10.3 Å². The standard InChI is InChI=1S/C12H18Cl2N4O/c1-12(2,19)8-17-3-5-18(6-4-17)9-7-10(13)15-16-11(9)14/h7,19H,3-6,8H2,1-2H3. The lowest BCUT2D eigenvalue weighted by molar-refractivity contribution is 0.0345. The van der Waals surface area contributed by atoms with Crippen LogP contribution in [0.1, 0.15) is 13.8 Å². The Morgan fingerprint density at radius 3 is 2.42 bits per heavy atom. The van der Waals surface area contributed by atoms with Crippen molar-refractivity contribution in [1.29, 1.82) is 0 Å². The quantitative estimate of drug-likeness (QED) is 0.921. The van der Waals surface area contributed by atoms with Crippen LogP contribution in [0.4, 0.5) is 5.69 Å². The number of rotatable bonds is 3. The minimum absolute atomic E-state index is 0.346. The zero-order valence-corrected chi connectivity index (χ0v) is 12.6. The molecule has 0 unspecified atom stereocenters. The summed E-state index contributed by atoms with van der Waals surface area (Å²) >= 11 is 11.9. The van der Waals surface area contributed by atoms with Gasteiger partial charge in [-0.2, -0.15) is 0 Å². The molecule has 7 heteroatoms. The van der Waals surface area contributed by atoms with Gasteiger partial charge in [-0.05, 0) is 13.8 Å². The molecule has 0 bridgehead atoms. The van der Waals surface area contributed by atoms with Gasteiger partial charge in [0.05, 0.1) is 11.3 Å². The highest BCUT2D eigenvalue weighted by atomic mass is 35.5. The minimum atomic E-state index is -0.665. The van der Waals surface area contributed by atoms with Crippen molar-refractivity contribution in [2.75, 3.05) is 37.6 Å². The molecule has 1 saturated heterocycles. The van der Waals surface area contributed by atoms with E-state index in [4.69, 9.17) is 23.2 Å². The summed E-state index contributed by atoms with van der Waals surface area (Å²) in [5.74, 6) is 0. The Bertz CT molecular complexity index is 442. The molecule has 19 heavy (non-hydrogen) atoms. The van der Waals surface area contributed by atoms with Gasteiger partial charge in [0.15, 0.2) is 10.3 Å². The van der Waals surface area contributed by atoms with Crippen LogP contribution < -0.4 is 4.90 Å². The van der Waals surface area contributed by atoms with Crippen LogP contribution in [-0.4, -0.2) is 58.5 Å². The summed E-state index contributed by atoms with van der Waals surface area (Å²) in [5.41, 5.74) is 0.158. The van der Waals surface area contributed by atoms with Gasteiger partial charge in [0.25, 0.3) is 0 Å². The summed E-state index contributed by atoms with van der Waals surface area (Å²) in [7, 11) is 0. The molecular formula is C12H18Cl2N4O. The monoisotopic (exact) mass is 304 g/mol. The second-order valence-electron chi connectivity index (χ2n) is 5.42. The van der Waals surface area contributed by atoms with Gasteiger partial charge < -0.3 is 10.0 Å². The average Bonchev–Trinajstić information content (AvgIpc) is 2.31. The van der Waals surface area contributed by atoms with Gasteiger partial charge in [-0.1, -0.05) is 23.2 Å². The van der Waals surface area contributed by atoms with Gasteiger partial charge in [-0.25, -0.2) is 0 Å². The fraction of sp³-hybridized carbons (Fsp3) is 0.667. The summed E-state index contributed by atoms with van der Waals surface area (Å²) in [6.07, 6.45) is 0. The topological polar surface area (TPSA) is 52.5 Å². The lowest BCUT2D eigenvalue weighted by Gasteiger charge is -2.38. The molecule has 1 aliphatic heterocycles. The van der Waals surface area contributed by atoms with Gasteiger partial charge in [0.2, 0.25) is 0 Å². The van der Waals surface area contributed by atoms with Crippen molar-refractivity contribution in [3.63, 3.8) is 0 Å². The molecule has 0 aromatic carbocycles. The smallest absolute Gasteiger partial charge is 0.175 e. The van der Waals surface area contributed by atoms with E-state index in [1.807, 2.05) is 13.8 Å². The van der Waals surface area contributed by atoms with Crippen molar-refractivity contribution in [1.82, 2.24) is 15.1 Å². The molecule has 0 saturated carbocycles. The predicted octanol–water partition coefficient (Wildman–Crippen LogP) is 1.68. The predicted molar refractivity (Wildman–Crippen MR) is 77.0 cm³/mol.